The molecular weight excluding hydrogens is 282 g/mol. The van der Waals surface area contributed by atoms with E-state index in [0.717, 1.165) is 16.1 Å². The molecule has 0 aliphatic carbocycles. The van der Waals surface area contributed by atoms with Crippen LogP contribution in [0.1, 0.15) is 15.9 Å². The fourth-order valence-electron chi connectivity index (χ4n) is 2.02. The van der Waals surface area contributed by atoms with Crippen molar-refractivity contribution in [2.24, 2.45) is 0 Å². The zero-order valence-corrected chi connectivity index (χ0v) is 12.2. The van der Waals surface area contributed by atoms with E-state index in [9.17, 15) is 9.59 Å². The predicted octanol–water partition coefficient (Wildman–Crippen LogP) is 3.81. The van der Waals surface area contributed by atoms with Gasteiger partial charge in [0.05, 0.1) is 10.6 Å². The number of allylic oxidation sites excluding steroid dienone is 1. The van der Waals surface area contributed by atoms with E-state index in [4.69, 9.17) is 0 Å². The first-order chi connectivity index (χ1) is 10.1. The Labute approximate surface area is 127 Å². The fourth-order valence-corrected chi connectivity index (χ4v) is 2.95. The van der Waals surface area contributed by atoms with Crippen molar-refractivity contribution in [2.45, 2.75) is 11.8 Å². The Morgan fingerprint density at radius 2 is 1.81 bits per heavy atom. The van der Waals surface area contributed by atoms with E-state index >= 15 is 0 Å². The van der Waals surface area contributed by atoms with Gasteiger partial charge in [0.1, 0.15) is 0 Å². The van der Waals surface area contributed by atoms with E-state index in [1.165, 1.54) is 17.8 Å². The van der Waals surface area contributed by atoms with Gasteiger partial charge in [0.15, 0.2) is 5.78 Å². The van der Waals surface area contributed by atoms with Crippen LogP contribution in [0.15, 0.2) is 64.4 Å². The Morgan fingerprint density at radius 3 is 2.57 bits per heavy atom. The van der Waals surface area contributed by atoms with Crippen LogP contribution in [0.5, 0.6) is 0 Å². The second-order valence-electron chi connectivity index (χ2n) is 4.79. The SMILES string of the molecule is Cc1ccc(C(=O)/C=C2/Sc3ccccc3NC2=O)cc1. The van der Waals surface area contributed by atoms with Crippen molar-refractivity contribution in [2.75, 3.05) is 5.32 Å². The van der Waals surface area contributed by atoms with Gasteiger partial charge in [-0.15, -0.1) is 0 Å². The van der Waals surface area contributed by atoms with Gasteiger partial charge in [-0.2, -0.15) is 0 Å². The summed E-state index contributed by atoms with van der Waals surface area (Å²) in [5.74, 6) is -0.397. The average Bonchev–Trinajstić information content (AvgIpc) is 2.48. The first-order valence-electron chi connectivity index (χ1n) is 6.54. The fraction of sp³-hybridized carbons (Fsp3) is 0.0588. The summed E-state index contributed by atoms with van der Waals surface area (Å²) in [6.45, 7) is 1.97. The number of amides is 1. The van der Waals surface area contributed by atoms with E-state index in [1.807, 2.05) is 43.3 Å². The summed E-state index contributed by atoms with van der Waals surface area (Å²) in [6, 6.07) is 14.9. The lowest BCUT2D eigenvalue weighted by atomic mass is 10.1. The monoisotopic (exact) mass is 295 g/mol. The van der Waals surface area contributed by atoms with Crippen LogP contribution in [0.2, 0.25) is 0 Å². The lowest BCUT2D eigenvalue weighted by Crippen LogP contribution is -2.18. The van der Waals surface area contributed by atoms with Crippen molar-refractivity contribution in [3.05, 3.63) is 70.6 Å². The standard InChI is InChI=1S/C17H13NO2S/c1-11-6-8-12(9-7-11)14(19)10-16-17(20)18-13-4-2-3-5-15(13)21-16/h2-10H,1H3,(H,18,20)/b16-10+. The summed E-state index contributed by atoms with van der Waals surface area (Å²) in [7, 11) is 0. The molecule has 104 valence electrons. The predicted molar refractivity (Wildman–Crippen MR) is 84.5 cm³/mol. The summed E-state index contributed by atoms with van der Waals surface area (Å²) >= 11 is 1.32. The number of thioether (sulfide) groups is 1. The van der Waals surface area contributed by atoms with Gasteiger partial charge in [0.25, 0.3) is 5.91 Å². The highest BCUT2D eigenvalue weighted by Gasteiger charge is 2.21. The maximum Gasteiger partial charge on any atom is 0.262 e. The number of carbonyl (C=O) groups is 2. The molecule has 2 aromatic carbocycles. The number of rotatable bonds is 2. The summed E-state index contributed by atoms with van der Waals surface area (Å²) in [6.07, 6.45) is 1.40. The van der Waals surface area contributed by atoms with Gasteiger partial charge >= 0.3 is 0 Å². The normalized spacial score (nSPS) is 15.5. The molecule has 3 nitrogen and oxygen atoms in total. The minimum Gasteiger partial charge on any atom is -0.320 e. The number of benzene rings is 2. The highest BCUT2D eigenvalue weighted by molar-refractivity contribution is 8.04. The molecule has 1 aliphatic rings. The van der Waals surface area contributed by atoms with E-state index in [2.05, 4.69) is 5.32 Å². The highest BCUT2D eigenvalue weighted by atomic mass is 32.2. The van der Waals surface area contributed by atoms with Crippen LogP contribution in [0.25, 0.3) is 0 Å². The van der Waals surface area contributed by atoms with Crippen LogP contribution in [0, 0.1) is 6.92 Å². The van der Waals surface area contributed by atoms with Gasteiger partial charge in [0, 0.05) is 16.5 Å². The molecule has 0 fully saturated rings. The second kappa shape index (κ2) is 5.58. The third-order valence-electron chi connectivity index (χ3n) is 3.18. The lowest BCUT2D eigenvalue weighted by molar-refractivity contribution is -0.112. The van der Waals surface area contributed by atoms with E-state index in [1.54, 1.807) is 12.1 Å². The van der Waals surface area contributed by atoms with Crippen LogP contribution in [-0.4, -0.2) is 11.7 Å². The van der Waals surface area contributed by atoms with Crippen molar-refractivity contribution in [3.8, 4) is 0 Å². The molecule has 1 amide bonds. The Kier molecular flexibility index (Phi) is 3.62. The molecule has 0 saturated heterocycles. The molecule has 0 aromatic heterocycles. The molecular formula is C17H13NO2S. The average molecular weight is 295 g/mol. The van der Waals surface area contributed by atoms with Crippen molar-refractivity contribution in [3.63, 3.8) is 0 Å². The Balaban J connectivity index is 1.88. The smallest absolute Gasteiger partial charge is 0.262 e. The summed E-state index contributed by atoms with van der Waals surface area (Å²) in [5.41, 5.74) is 2.46. The van der Waals surface area contributed by atoms with Gasteiger partial charge in [0.2, 0.25) is 0 Å². The number of ketones is 1. The molecule has 3 rings (SSSR count). The van der Waals surface area contributed by atoms with Gasteiger partial charge < -0.3 is 5.32 Å². The van der Waals surface area contributed by atoms with Crippen LogP contribution in [0.4, 0.5) is 5.69 Å². The van der Waals surface area contributed by atoms with Crippen molar-refractivity contribution in [1.29, 1.82) is 0 Å². The number of aryl methyl sites for hydroxylation is 1. The van der Waals surface area contributed by atoms with Crippen LogP contribution in [-0.2, 0) is 4.79 Å². The van der Waals surface area contributed by atoms with Gasteiger partial charge in [-0.25, -0.2) is 0 Å². The molecule has 0 atom stereocenters. The van der Waals surface area contributed by atoms with Crippen molar-refractivity contribution < 1.29 is 9.59 Å². The first kappa shape index (κ1) is 13.6. The van der Waals surface area contributed by atoms with Gasteiger partial charge in [-0.3, -0.25) is 9.59 Å². The number of hydrogen-bond donors (Lipinski definition) is 1. The molecule has 1 heterocycles. The Hall–Kier alpha value is -2.33. The minimum atomic E-state index is -0.237. The molecule has 4 heteroatoms. The molecule has 0 radical (unpaired) electrons. The van der Waals surface area contributed by atoms with Crippen LogP contribution < -0.4 is 5.32 Å². The Morgan fingerprint density at radius 1 is 1.10 bits per heavy atom. The molecule has 0 bridgehead atoms. The number of hydrogen-bond acceptors (Lipinski definition) is 3. The quantitative estimate of drug-likeness (QED) is 0.677. The molecule has 1 aliphatic heterocycles. The highest BCUT2D eigenvalue weighted by Crippen LogP contribution is 2.37. The number of fused-ring (bicyclic) bond motifs is 1. The topological polar surface area (TPSA) is 46.2 Å². The number of para-hydroxylation sites is 1. The van der Waals surface area contributed by atoms with Crippen LogP contribution in [0.3, 0.4) is 0 Å². The second-order valence-corrected chi connectivity index (χ2v) is 5.87. The van der Waals surface area contributed by atoms with Crippen molar-refractivity contribution in [1.82, 2.24) is 0 Å². The van der Waals surface area contributed by atoms with E-state index < -0.39 is 0 Å². The summed E-state index contributed by atoms with van der Waals surface area (Å²) in [4.78, 5) is 25.6. The molecule has 0 spiro atoms. The maximum atomic E-state index is 12.2. The largest absolute Gasteiger partial charge is 0.320 e. The molecule has 0 saturated carbocycles. The molecule has 2 aromatic rings. The zero-order valence-electron chi connectivity index (χ0n) is 11.4. The number of anilines is 1. The van der Waals surface area contributed by atoms with Crippen molar-refractivity contribution >= 4 is 29.1 Å². The molecule has 0 unspecified atom stereocenters. The zero-order chi connectivity index (χ0) is 14.8. The van der Waals surface area contributed by atoms with E-state index in [-0.39, 0.29) is 11.7 Å². The number of nitrogens with one attached hydrogen (secondary N) is 1. The third-order valence-corrected chi connectivity index (χ3v) is 4.28. The van der Waals surface area contributed by atoms with Gasteiger partial charge in [-0.05, 0) is 19.1 Å². The lowest BCUT2D eigenvalue weighted by Gasteiger charge is -2.17. The molecule has 1 N–H and O–H groups in total. The van der Waals surface area contributed by atoms with Crippen LogP contribution >= 0.6 is 11.8 Å². The Bertz CT molecular complexity index is 748. The maximum absolute atomic E-state index is 12.2. The van der Waals surface area contributed by atoms with Gasteiger partial charge in [-0.1, -0.05) is 53.7 Å². The third kappa shape index (κ3) is 2.90. The number of carbonyl (C=O) groups excluding carboxylic acids is 2. The summed E-state index contributed by atoms with van der Waals surface area (Å²) < 4.78 is 0. The minimum absolute atomic E-state index is 0.160. The first-order valence-corrected chi connectivity index (χ1v) is 7.36. The summed E-state index contributed by atoms with van der Waals surface area (Å²) in [5, 5.41) is 2.80. The molecule has 21 heavy (non-hydrogen) atoms. The van der Waals surface area contributed by atoms with E-state index in [0.29, 0.717) is 10.5 Å².